The number of carbonyl (C=O) groups excluding carboxylic acids is 1. The number of amides is 1. The first kappa shape index (κ1) is 23.7. The number of benzene rings is 2. The van der Waals surface area contributed by atoms with Gasteiger partial charge in [0.05, 0.1) is 22.3 Å². The molecule has 0 spiro atoms. The summed E-state index contributed by atoms with van der Waals surface area (Å²) in [7, 11) is -2.41. The lowest BCUT2D eigenvalue weighted by atomic mass is 9.87. The van der Waals surface area contributed by atoms with Gasteiger partial charge in [-0.15, -0.1) is 11.3 Å². The zero-order chi connectivity index (χ0) is 23.4. The number of nitrogens with zero attached hydrogens (tertiary/aromatic N) is 1. The summed E-state index contributed by atoms with van der Waals surface area (Å²) in [5.41, 5.74) is 1.23. The molecule has 2 N–H and O–H groups in total. The Morgan fingerprint density at radius 1 is 1.18 bits per heavy atom. The summed E-state index contributed by atoms with van der Waals surface area (Å²) in [5.74, 6) is 0.159. The molecule has 1 aliphatic carbocycles. The van der Waals surface area contributed by atoms with E-state index in [0.717, 1.165) is 40.9 Å². The maximum atomic E-state index is 13.2. The molecule has 0 bridgehead atoms. The van der Waals surface area contributed by atoms with Crippen LogP contribution in [0.4, 0.5) is 0 Å². The van der Waals surface area contributed by atoms with E-state index in [4.69, 9.17) is 4.74 Å². The Bertz CT molecular complexity index is 1210. The number of para-hydroxylation sites is 1. The Morgan fingerprint density at radius 2 is 1.97 bits per heavy atom. The van der Waals surface area contributed by atoms with Crippen molar-refractivity contribution < 1.29 is 17.9 Å². The van der Waals surface area contributed by atoms with Crippen molar-refractivity contribution in [3.63, 3.8) is 0 Å². The minimum Gasteiger partial charge on any atom is -0.495 e. The highest BCUT2D eigenvalue weighted by Gasteiger charge is 2.29. The molecule has 1 fully saturated rings. The molecule has 1 heterocycles. The van der Waals surface area contributed by atoms with E-state index in [1.807, 2.05) is 24.3 Å². The molecule has 2 aromatic carbocycles. The average Bonchev–Trinajstić information content (AvgIpc) is 3.23. The number of thiazole rings is 1. The Kier molecular flexibility index (Phi) is 7.31. The first-order valence-corrected chi connectivity index (χ1v) is 13.5. The molecule has 4 rings (SSSR count). The molecule has 7 nitrogen and oxygen atoms in total. The zero-order valence-corrected chi connectivity index (χ0v) is 20.5. The standard InChI is InChI=1S/C24H29N3O4S2/c1-16-7-3-4-8-18(16)27-33(29,30)22-15-17(11-12-20(22)31-2)24(28)25-14-13-23-26-19-9-5-6-10-21(19)32-23/h5-6,9-12,15-16,18,27H,3-4,7-8,13-14H2,1-2H3,(H,25,28). The number of hydrogen-bond donors (Lipinski definition) is 2. The van der Waals surface area contributed by atoms with Gasteiger partial charge in [-0.05, 0) is 49.1 Å². The molecule has 1 aromatic heterocycles. The van der Waals surface area contributed by atoms with Crippen LogP contribution < -0.4 is 14.8 Å². The van der Waals surface area contributed by atoms with E-state index >= 15 is 0 Å². The predicted molar refractivity (Wildman–Crippen MR) is 130 cm³/mol. The molecule has 1 saturated carbocycles. The van der Waals surface area contributed by atoms with Gasteiger partial charge >= 0.3 is 0 Å². The second-order valence-corrected chi connectivity index (χ2v) is 11.2. The quantitative estimate of drug-likeness (QED) is 0.498. The Morgan fingerprint density at radius 3 is 2.73 bits per heavy atom. The van der Waals surface area contributed by atoms with E-state index in [1.54, 1.807) is 17.4 Å². The molecule has 176 valence electrons. The molecular formula is C24H29N3O4S2. The normalized spacial score (nSPS) is 18.8. The van der Waals surface area contributed by atoms with Gasteiger partial charge in [0.1, 0.15) is 10.6 Å². The maximum absolute atomic E-state index is 13.2. The van der Waals surface area contributed by atoms with E-state index in [1.165, 1.54) is 19.2 Å². The molecule has 1 aliphatic rings. The van der Waals surface area contributed by atoms with Crippen molar-refractivity contribution in [2.75, 3.05) is 13.7 Å². The molecule has 33 heavy (non-hydrogen) atoms. The fourth-order valence-corrected chi connectivity index (χ4v) is 6.73. The predicted octanol–water partition coefficient (Wildman–Crippen LogP) is 4.13. The number of fused-ring (bicyclic) bond motifs is 1. The van der Waals surface area contributed by atoms with Crippen molar-refractivity contribution in [1.29, 1.82) is 0 Å². The minimum absolute atomic E-state index is 0.0124. The molecule has 2 unspecified atom stereocenters. The van der Waals surface area contributed by atoms with Crippen LogP contribution >= 0.6 is 11.3 Å². The van der Waals surface area contributed by atoms with Gasteiger partial charge in [0.15, 0.2) is 0 Å². The number of rotatable bonds is 8. The second kappa shape index (κ2) is 10.2. The van der Waals surface area contributed by atoms with Crippen LogP contribution in [-0.4, -0.2) is 39.0 Å². The molecular weight excluding hydrogens is 458 g/mol. The first-order chi connectivity index (χ1) is 15.9. The Hall–Kier alpha value is -2.49. The molecule has 1 amide bonds. The van der Waals surface area contributed by atoms with E-state index in [-0.39, 0.29) is 34.1 Å². The summed E-state index contributed by atoms with van der Waals surface area (Å²) in [6.07, 6.45) is 4.55. The van der Waals surface area contributed by atoms with Gasteiger partial charge in [-0.3, -0.25) is 4.79 Å². The third-order valence-corrected chi connectivity index (χ3v) is 8.70. The fraction of sp³-hybridized carbons (Fsp3) is 0.417. The monoisotopic (exact) mass is 487 g/mol. The topological polar surface area (TPSA) is 97.4 Å². The van der Waals surface area contributed by atoms with Crippen molar-refractivity contribution in [2.45, 2.75) is 50.0 Å². The van der Waals surface area contributed by atoms with Gasteiger partial charge in [-0.25, -0.2) is 18.1 Å². The second-order valence-electron chi connectivity index (χ2n) is 8.44. The number of methoxy groups -OCH3 is 1. The number of aromatic nitrogens is 1. The highest BCUT2D eigenvalue weighted by molar-refractivity contribution is 7.89. The van der Waals surface area contributed by atoms with Gasteiger partial charge < -0.3 is 10.1 Å². The van der Waals surface area contributed by atoms with Crippen LogP contribution in [0.3, 0.4) is 0 Å². The molecule has 0 radical (unpaired) electrons. The van der Waals surface area contributed by atoms with Crippen LogP contribution in [0.5, 0.6) is 5.75 Å². The van der Waals surface area contributed by atoms with Crippen molar-refractivity contribution in [3.05, 3.63) is 53.0 Å². The number of hydrogen-bond acceptors (Lipinski definition) is 6. The average molecular weight is 488 g/mol. The smallest absolute Gasteiger partial charge is 0.251 e. The van der Waals surface area contributed by atoms with Crippen molar-refractivity contribution >= 4 is 37.5 Å². The van der Waals surface area contributed by atoms with Crippen molar-refractivity contribution in [2.24, 2.45) is 5.92 Å². The summed E-state index contributed by atoms with van der Waals surface area (Å²) < 4.78 is 35.6. The van der Waals surface area contributed by atoms with Gasteiger partial charge in [-0.1, -0.05) is 31.9 Å². The summed E-state index contributed by atoms with van der Waals surface area (Å²) >= 11 is 1.61. The highest BCUT2D eigenvalue weighted by atomic mass is 32.2. The number of carbonyl (C=O) groups is 1. The van der Waals surface area contributed by atoms with Crippen LogP contribution in [0.2, 0.25) is 0 Å². The largest absolute Gasteiger partial charge is 0.495 e. The van der Waals surface area contributed by atoms with Gasteiger partial charge in [-0.2, -0.15) is 0 Å². The summed E-state index contributed by atoms with van der Waals surface area (Å²) in [6.45, 7) is 2.48. The lowest BCUT2D eigenvalue weighted by Crippen LogP contribution is -2.41. The summed E-state index contributed by atoms with van der Waals surface area (Å²) in [4.78, 5) is 17.3. The molecule has 3 aromatic rings. The van der Waals surface area contributed by atoms with Gasteiger partial charge in [0, 0.05) is 24.6 Å². The Balaban J connectivity index is 1.45. The third kappa shape index (κ3) is 5.54. The van der Waals surface area contributed by atoms with E-state index < -0.39 is 10.0 Å². The van der Waals surface area contributed by atoms with E-state index in [9.17, 15) is 13.2 Å². The first-order valence-electron chi connectivity index (χ1n) is 11.2. The van der Waals surface area contributed by atoms with Crippen LogP contribution in [0.15, 0.2) is 47.4 Å². The third-order valence-electron chi connectivity index (χ3n) is 6.10. The fourth-order valence-electron chi connectivity index (χ4n) is 4.19. The molecule has 2 atom stereocenters. The molecule has 9 heteroatoms. The van der Waals surface area contributed by atoms with E-state index in [2.05, 4.69) is 21.9 Å². The van der Waals surface area contributed by atoms with Crippen molar-refractivity contribution in [3.8, 4) is 5.75 Å². The summed E-state index contributed by atoms with van der Waals surface area (Å²) in [5, 5.41) is 3.81. The number of sulfonamides is 1. The van der Waals surface area contributed by atoms with Gasteiger partial charge in [0.25, 0.3) is 5.91 Å². The van der Waals surface area contributed by atoms with Crippen LogP contribution in [-0.2, 0) is 16.4 Å². The SMILES string of the molecule is COc1ccc(C(=O)NCCc2nc3ccccc3s2)cc1S(=O)(=O)NC1CCCCC1C. The van der Waals surface area contributed by atoms with Crippen LogP contribution in [0, 0.1) is 5.92 Å². The molecule has 0 aliphatic heterocycles. The lowest BCUT2D eigenvalue weighted by Gasteiger charge is -2.29. The van der Waals surface area contributed by atoms with Crippen LogP contribution in [0.1, 0.15) is 48.0 Å². The van der Waals surface area contributed by atoms with E-state index in [0.29, 0.717) is 13.0 Å². The maximum Gasteiger partial charge on any atom is 0.251 e. The highest BCUT2D eigenvalue weighted by Crippen LogP contribution is 2.29. The number of nitrogens with one attached hydrogen (secondary N) is 2. The molecule has 0 saturated heterocycles. The minimum atomic E-state index is -3.83. The zero-order valence-electron chi connectivity index (χ0n) is 18.8. The number of ether oxygens (including phenoxy) is 1. The van der Waals surface area contributed by atoms with Crippen LogP contribution in [0.25, 0.3) is 10.2 Å². The summed E-state index contributed by atoms with van der Waals surface area (Å²) in [6, 6.07) is 12.3. The van der Waals surface area contributed by atoms with Crippen molar-refractivity contribution in [1.82, 2.24) is 15.0 Å². The Labute approximate surface area is 198 Å². The lowest BCUT2D eigenvalue weighted by molar-refractivity contribution is 0.0954. The van der Waals surface area contributed by atoms with Gasteiger partial charge in [0.2, 0.25) is 10.0 Å².